The van der Waals surface area contributed by atoms with Gasteiger partial charge in [-0.15, -0.1) is 24.0 Å². The molecule has 0 aromatic heterocycles. The van der Waals surface area contributed by atoms with E-state index in [1.165, 1.54) is 5.56 Å². The molecule has 0 bridgehead atoms. The Morgan fingerprint density at radius 3 is 2.42 bits per heavy atom. The summed E-state index contributed by atoms with van der Waals surface area (Å²) in [4.78, 5) is 6.46. The molecule has 0 unspecified atom stereocenters. The molecule has 0 fully saturated rings. The number of hydrogen-bond donors (Lipinski definition) is 1. The van der Waals surface area contributed by atoms with E-state index in [4.69, 9.17) is 4.74 Å². The third kappa shape index (κ3) is 6.03. The van der Waals surface area contributed by atoms with Crippen molar-refractivity contribution in [2.24, 2.45) is 4.99 Å². The predicted molar refractivity (Wildman–Crippen MR) is 111 cm³/mol. The molecule has 0 spiro atoms. The number of ether oxygens (including phenoxy) is 1. The quantitative estimate of drug-likeness (QED) is 0.425. The summed E-state index contributed by atoms with van der Waals surface area (Å²) in [6.45, 7) is 1.60. The number of nitrogens with one attached hydrogen (secondary N) is 1. The van der Waals surface area contributed by atoms with Crippen LogP contribution < -0.4 is 10.1 Å². The Hall–Kier alpha value is -1.76. The van der Waals surface area contributed by atoms with E-state index in [-0.39, 0.29) is 24.0 Å². The van der Waals surface area contributed by atoms with Crippen LogP contribution in [0.25, 0.3) is 0 Å². The highest BCUT2D eigenvalue weighted by atomic mass is 127. The third-order valence-electron chi connectivity index (χ3n) is 3.71. The topological polar surface area (TPSA) is 36.9 Å². The predicted octanol–water partition coefficient (Wildman–Crippen LogP) is 3.56. The summed E-state index contributed by atoms with van der Waals surface area (Å²) < 4.78 is 5.41. The van der Waals surface area contributed by atoms with Gasteiger partial charge in [-0.25, -0.2) is 0 Å². The Kier molecular flexibility index (Phi) is 9.22. The maximum atomic E-state index is 5.41. The first-order chi connectivity index (χ1) is 11.2. The molecule has 0 aliphatic heterocycles. The van der Waals surface area contributed by atoms with Crippen LogP contribution in [0.5, 0.6) is 5.75 Å². The van der Waals surface area contributed by atoms with Gasteiger partial charge in [0.1, 0.15) is 5.75 Å². The van der Waals surface area contributed by atoms with Crippen LogP contribution in [0.4, 0.5) is 0 Å². The number of rotatable bonds is 6. The lowest BCUT2D eigenvalue weighted by molar-refractivity contribution is 0.396. The van der Waals surface area contributed by atoms with Gasteiger partial charge in [0, 0.05) is 32.7 Å². The number of benzene rings is 2. The largest absolute Gasteiger partial charge is 0.496 e. The van der Waals surface area contributed by atoms with Gasteiger partial charge in [-0.2, -0.15) is 0 Å². The van der Waals surface area contributed by atoms with E-state index in [1.54, 1.807) is 7.11 Å². The maximum Gasteiger partial charge on any atom is 0.193 e. The van der Waals surface area contributed by atoms with E-state index >= 15 is 0 Å². The van der Waals surface area contributed by atoms with Gasteiger partial charge < -0.3 is 15.0 Å². The average molecular weight is 439 g/mol. The fourth-order valence-electron chi connectivity index (χ4n) is 2.51. The lowest BCUT2D eigenvalue weighted by atomic mass is 10.1. The van der Waals surface area contributed by atoms with Gasteiger partial charge in [0.25, 0.3) is 0 Å². The Balaban J connectivity index is 0.00000288. The van der Waals surface area contributed by atoms with Crippen molar-refractivity contribution >= 4 is 29.9 Å². The lowest BCUT2D eigenvalue weighted by Crippen LogP contribution is -2.39. The Morgan fingerprint density at radius 2 is 1.75 bits per heavy atom. The minimum atomic E-state index is 0. The molecule has 5 heteroatoms. The van der Waals surface area contributed by atoms with Crippen molar-refractivity contribution in [3.05, 3.63) is 65.7 Å². The first-order valence-corrected chi connectivity index (χ1v) is 7.82. The molecule has 130 valence electrons. The normalized spacial score (nSPS) is 10.7. The van der Waals surface area contributed by atoms with Crippen LogP contribution in [0.15, 0.2) is 59.6 Å². The minimum Gasteiger partial charge on any atom is -0.496 e. The molecular formula is C19H26IN3O. The number of guanidine groups is 1. The van der Waals surface area contributed by atoms with Crippen molar-refractivity contribution in [2.75, 3.05) is 27.7 Å². The van der Waals surface area contributed by atoms with Crippen molar-refractivity contribution in [3.8, 4) is 5.75 Å². The van der Waals surface area contributed by atoms with Crippen molar-refractivity contribution in [2.45, 2.75) is 13.0 Å². The second-order valence-corrected chi connectivity index (χ2v) is 5.38. The summed E-state index contributed by atoms with van der Waals surface area (Å²) in [5, 5.41) is 3.41. The molecule has 0 radical (unpaired) electrons. The standard InChI is InChI=1S/C19H25N3O.HI/c1-20-19(21-14-13-16-9-5-4-6-10-16)22(2)15-17-11-7-8-12-18(17)23-3;/h4-12H,13-15H2,1-3H3,(H,20,21);1H. The number of para-hydroxylation sites is 1. The van der Waals surface area contributed by atoms with Crippen LogP contribution in [-0.4, -0.2) is 38.6 Å². The first-order valence-electron chi connectivity index (χ1n) is 7.82. The number of hydrogen-bond acceptors (Lipinski definition) is 2. The Morgan fingerprint density at radius 1 is 1.08 bits per heavy atom. The van der Waals surface area contributed by atoms with E-state index in [9.17, 15) is 0 Å². The van der Waals surface area contributed by atoms with Crippen molar-refractivity contribution < 1.29 is 4.74 Å². The minimum absolute atomic E-state index is 0. The summed E-state index contributed by atoms with van der Waals surface area (Å²) in [6.07, 6.45) is 0.975. The molecule has 2 aromatic carbocycles. The van der Waals surface area contributed by atoms with Crippen LogP contribution in [0.3, 0.4) is 0 Å². The van der Waals surface area contributed by atoms with E-state index in [2.05, 4.69) is 45.5 Å². The third-order valence-corrected chi connectivity index (χ3v) is 3.71. The van der Waals surface area contributed by atoms with Gasteiger partial charge in [0.05, 0.1) is 7.11 Å². The van der Waals surface area contributed by atoms with E-state index < -0.39 is 0 Å². The molecule has 0 aliphatic carbocycles. The van der Waals surface area contributed by atoms with Gasteiger partial charge in [-0.1, -0.05) is 48.5 Å². The number of methoxy groups -OCH3 is 1. The Labute approximate surface area is 162 Å². The van der Waals surface area contributed by atoms with E-state index in [0.717, 1.165) is 36.8 Å². The van der Waals surface area contributed by atoms with Gasteiger partial charge in [0.15, 0.2) is 5.96 Å². The van der Waals surface area contributed by atoms with Crippen molar-refractivity contribution in [1.29, 1.82) is 0 Å². The molecule has 2 rings (SSSR count). The molecule has 24 heavy (non-hydrogen) atoms. The molecule has 4 nitrogen and oxygen atoms in total. The molecule has 0 saturated heterocycles. The molecule has 0 saturated carbocycles. The smallest absolute Gasteiger partial charge is 0.193 e. The van der Waals surface area contributed by atoms with Crippen LogP contribution in [0.1, 0.15) is 11.1 Å². The van der Waals surface area contributed by atoms with Crippen molar-refractivity contribution in [1.82, 2.24) is 10.2 Å². The van der Waals surface area contributed by atoms with Crippen LogP contribution in [0.2, 0.25) is 0 Å². The Bertz CT molecular complexity index is 632. The summed E-state index contributed by atoms with van der Waals surface area (Å²) in [5.74, 6) is 1.78. The van der Waals surface area contributed by atoms with Gasteiger partial charge in [0.2, 0.25) is 0 Å². The summed E-state index contributed by atoms with van der Waals surface area (Å²) >= 11 is 0. The van der Waals surface area contributed by atoms with E-state index in [0.29, 0.717) is 0 Å². The highest BCUT2D eigenvalue weighted by Crippen LogP contribution is 2.18. The maximum absolute atomic E-state index is 5.41. The SMILES string of the molecule is CN=C(NCCc1ccccc1)N(C)Cc1ccccc1OC.I. The number of nitrogens with zero attached hydrogens (tertiary/aromatic N) is 2. The zero-order valence-electron chi connectivity index (χ0n) is 14.5. The fourth-order valence-corrected chi connectivity index (χ4v) is 2.51. The average Bonchev–Trinajstić information content (AvgIpc) is 2.60. The first kappa shape index (κ1) is 20.3. The molecule has 0 atom stereocenters. The van der Waals surface area contributed by atoms with Gasteiger partial charge in [-0.05, 0) is 18.1 Å². The van der Waals surface area contributed by atoms with Crippen LogP contribution in [-0.2, 0) is 13.0 Å². The second kappa shape index (κ2) is 10.9. The molecule has 0 heterocycles. The van der Waals surface area contributed by atoms with E-state index in [1.807, 2.05) is 38.4 Å². The van der Waals surface area contributed by atoms with Gasteiger partial charge >= 0.3 is 0 Å². The zero-order chi connectivity index (χ0) is 16.5. The summed E-state index contributed by atoms with van der Waals surface area (Å²) in [6, 6.07) is 18.5. The highest BCUT2D eigenvalue weighted by Gasteiger charge is 2.09. The molecular weight excluding hydrogens is 413 g/mol. The monoisotopic (exact) mass is 439 g/mol. The highest BCUT2D eigenvalue weighted by molar-refractivity contribution is 14.0. The van der Waals surface area contributed by atoms with Gasteiger partial charge in [-0.3, -0.25) is 4.99 Å². The summed E-state index contributed by atoms with van der Waals surface area (Å²) in [7, 11) is 5.54. The number of aliphatic imine (C=N–C) groups is 1. The molecule has 2 aromatic rings. The molecule has 1 N–H and O–H groups in total. The van der Waals surface area contributed by atoms with Crippen LogP contribution >= 0.6 is 24.0 Å². The lowest BCUT2D eigenvalue weighted by Gasteiger charge is -2.23. The van der Waals surface area contributed by atoms with Crippen LogP contribution in [0, 0.1) is 0 Å². The second-order valence-electron chi connectivity index (χ2n) is 5.38. The summed E-state index contributed by atoms with van der Waals surface area (Å²) in [5.41, 5.74) is 2.46. The fraction of sp³-hybridized carbons (Fsp3) is 0.316. The number of halogens is 1. The van der Waals surface area contributed by atoms with Crippen molar-refractivity contribution in [3.63, 3.8) is 0 Å². The molecule has 0 aliphatic rings. The zero-order valence-corrected chi connectivity index (χ0v) is 16.9. The molecule has 0 amide bonds.